The second-order valence-electron chi connectivity index (χ2n) is 8.53. The fraction of sp³-hybridized carbons (Fsp3) is 0.440. The van der Waals surface area contributed by atoms with Crippen LogP contribution in [0.15, 0.2) is 60.7 Å². The number of carbonyl (C=O) groups excluding carboxylic acids is 2. The summed E-state index contributed by atoms with van der Waals surface area (Å²) < 4.78 is 6.60. The lowest BCUT2D eigenvalue weighted by atomic mass is 9.82. The molecule has 2 aromatic carbocycles. The van der Waals surface area contributed by atoms with Crippen molar-refractivity contribution in [2.75, 3.05) is 26.2 Å². The third-order valence-electron chi connectivity index (χ3n) is 6.48. The number of ether oxygens (including phenoxy) is 1. The first-order valence-electron chi connectivity index (χ1n) is 10.5. The Hall–Kier alpha value is -2.50. The average Bonchev–Trinajstić information content (AvgIpc) is 2.75. The van der Waals surface area contributed by atoms with E-state index in [4.69, 9.17) is 10.5 Å². The van der Waals surface area contributed by atoms with Gasteiger partial charge in [-0.25, -0.2) is 0 Å². The van der Waals surface area contributed by atoms with E-state index < -0.39 is 6.04 Å². The highest BCUT2D eigenvalue weighted by molar-refractivity contribution is 5.96. The van der Waals surface area contributed by atoms with Crippen LogP contribution < -0.4 is 5.73 Å². The number of nitrogens with zero attached hydrogens (tertiary/aromatic N) is 1. The number of ketones is 1. The van der Waals surface area contributed by atoms with E-state index in [2.05, 4.69) is 0 Å². The fourth-order valence-electron chi connectivity index (χ4n) is 4.78. The summed E-state index contributed by atoms with van der Waals surface area (Å²) in [4.78, 5) is 25.4. The third kappa shape index (κ3) is 4.97. The van der Waals surface area contributed by atoms with Crippen molar-refractivity contribution in [2.45, 2.75) is 38.8 Å². The topological polar surface area (TPSA) is 69.4 Å². The van der Waals surface area contributed by atoms with Gasteiger partial charge < -0.3 is 15.0 Å². The molecule has 160 valence electrons. The summed E-state index contributed by atoms with van der Waals surface area (Å²) >= 11 is 0. The molecule has 5 nitrogen and oxygen atoms in total. The highest BCUT2D eigenvalue weighted by atomic mass is 16.5. The first-order valence-corrected chi connectivity index (χ1v) is 10.5. The van der Waals surface area contributed by atoms with Gasteiger partial charge in [-0.05, 0) is 12.0 Å². The lowest BCUT2D eigenvalue weighted by molar-refractivity contribution is -0.938. The van der Waals surface area contributed by atoms with Gasteiger partial charge >= 0.3 is 5.97 Å². The van der Waals surface area contributed by atoms with Gasteiger partial charge in [-0.1, -0.05) is 68.1 Å². The summed E-state index contributed by atoms with van der Waals surface area (Å²) in [6, 6.07) is 18.6. The summed E-state index contributed by atoms with van der Waals surface area (Å²) in [6.45, 7) is 3.15. The quantitative estimate of drug-likeness (QED) is 0.433. The number of benzene rings is 2. The minimum absolute atomic E-state index is 0. The molecule has 3 aliphatic rings. The van der Waals surface area contributed by atoms with Crippen LogP contribution in [0.4, 0.5) is 0 Å². The molecule has 3 saturated heterocycles. The molecule has 3 fully saturated rings. The predicted octanol–water partition coefficient (Wildman–Crippen LogP) is 3.23. The van der Waals surface area contributed by atoms with E-state index in [9.17, 15) is 9.59 Å². The van der Waals surface area contributed by atoms with Crippen LogP contribution in [0, 0.1) is 5.92 Å². The second kappa shape index (κ2) is 9.54. The number of carbonyl (C=O) groups is 2. The van der Waals surface area contributed by atoms with Crippen molar-refractivity contribution in [2.24, 2.45) is 11.7 Å². The third-order valence-corrected chi connectivity index (χ3v) is 6.48. The van der Waals surface area contributed by atoms with Gasteiger partial charge in [0, 0.05) is 24.3 Å². The van der Waals surface area contributed by atoms with Crippen LogP contribution in [0.5, 0.6) is 0 Å². The molecule has 5 rings (SSSR count). The molecule has 3 heterocycles. The van der Waals surface area contributed by atoms with Crippen molar-refractivity contribution in [3.05, 3.63) is 71.8 Å². The maximum atomic E-state index is 12.8. The summed E-state index contributed by atoms with van der Waals surface area (Å²) in [5.74, 6) is 0.214. The van der Waals surface area contributed by atoms with Crippen LogP contribution in [0.3, 0.4) is 0 Å². The van der Waals surface area contributed by atoms with E-state index in [-0.39, 0.29) is 25.3 Å². The molecule has 5 heteroatoms. The molecular weight excluding hydrogens is 376 g/mol. The van der Waals surface area contributed by atoms with Gasteiger partial charge in [0.2, 0.25) is 5.78 Å². The van der Waals surface area contributed by atoms with Gasteiger partial charge in [0.05, 0.1) is 13.1 Å². The number of Topliss-reactive ketones (excluding diaryl/α,β-unsaturated/α-hetero) is 1. The zero-order valence-corrected chi connectivity index (χ0v) is 16.7. The van der Waals surface area contributed by atoms with Crippen LogP contribution in [0.1, 0.15) is 36.2 Å². The van der Waals surface area contributed by atoms with E-state index in [1.807, 2.05) is 60.7 Å². The monoisotopic (exact) mass is 409 g/mol. The van der Waals surface area contributed by atoms with Crippen molar-refractivity contribution < 1.29 is 18.8 Å². The summed E-state index contributed by atoms with van der Waals surface area (Å²) in [5, 5.41) is 0. The second-order valence-corrected chi connectivity index (χ2v) is 8.53. The smallest absolute Gasteiger partial charge is 0.323 e. The van der Waals surface area contributed by atoms with Crippen molar-refractivity contribution in [1.82, 2.24) is 0 Å². The number of nitrogens with two attached hydrogens (primary N) is 1. The molecule has 3 aliphatic heterocycles. The molecular formula is C25H33N2O3+. The Morgan fingerprint density at radius 2 is 1.60 bits per heavy atom. The van der Waals surface area contributed by atoms with E-state index in [1.165, 1.54) is 0 Å². The highest BCUT2D eigenvalue weighted by Crippen LogP contribution is 2.36. The van der Waals surface area contributed by atoms with Crippen molar-refractivity contribution >= 4 is 11.8 Å². The molecule has 0 unspecified atom stereocenters. The Morgan fingerprint density at radius 3 is 2.23 bits per heavy atom. The first-order chi connectivity index (χ1) is 14.0. The maximum Gasteiger partial charge on any atom is 0.323 e. The standard InChI is InChI=1S/C24H29N2O3.CH4/c25-21(15-18-7-3-1-4-8-18)24(28)29-23-17-26(13-11-20(23)12-14-26)16-22(27)19-9-5-2-6-10-19;/h1-10,20-21,23H,11-17,25H2;1H4/q+1;/t20?,21-,23-,26?;/m0./s1. The minimum atomic E-state index is -0.660. The number of fused-ring (bicyclic) bond motifs is 3. The molecule has 2 atom stereocenters. The van der Waals surface area contributed by atoms with Crippen LogP contribution in [0.2, 0.25) is 0 Å². The van der Waals surface area contributed by atoms with Gasteiger partial charge in [-0.2, -0.15) is 0 Å². The molecule has 2 aromatic rings. The lowest BCUT2D eigenvalue weighted by Gasteiger charge is -2.51. The number of rotatable bonds is 7. The highest BCUT2D eigenvalue weighted by Gasteiger charge is 2.48. The van der Waals surface area contributed by atoms with E-state index >= 15 is 0 Å². The van der Waals surface area contributed by atoms with Crippen LogP contribution in [-0.4, -0.2) is 54.6 Å². The van der Waals surface area contributed by atoms with E-state index in [0.717, 1.165) is 41.5 Å². The molecule has 30 heavy (non-hydrogen) atoms. The minimum Gasteiger partial charge on any atom is -0.455 e. The van der Waals surface area contributed by atoms with Crippen LogP contribution in [0.25, 0.3) is 0 Å². The largest absolute Gasteiger partial charge is 0.455 e. The predicted molar refractivity (Wildman–Crippen MR) is 118 cm³/mol. The zero-order valence-electron chi connectivity index (χ0n) is 16.7. The first kappa shape index (κ1) is 22.2. The van der Waals surface area contributed by atoms with Crippen LogP contribution >= 0.6 is 0 Å². The Kier molecular flexibility index (Phi) is 7.06. The Morgan fingerprint density at radius 1 is 1.00 bits per heavy atom. The van der Waals surface area contributed by atoms with Gasteiger partial charge in [0.15, 0.2) is 6.10 Å². The summed E-state index contributed by atoms with van der Waals surface area (Å²) in [7, 11) is 0. The molecule has 0 radical (unpaired) electrons. The van der Waals surface area contributed by atoms with Crippen molar-refractivity contribution in [3.8, 4) is 0 Å². The summed E-state index contributed by atoms with van der Waals surface area (Å²) in [5.41, 5.74) is 7.91. The van der Waals surface area contributed by atoms with Gasteiger partial charge in [0.1, 0.15) is 19.1 Å². The molecule has 0 aromatic heterocycles. The molecule has 0 aliphatic carbocycles. The van der Waals surface area contributed by atoms with Gasteiger partial charge in [-0.3, -0.25) is 9.59 Å². The molecule has 2 bridgehead atoms. The van der Waals surface area contributed by atoms with E-state index in [0.29, 0.717) is 25.4 Å². The average molecular weight is 410 g/mol. The lowest BCUT2D eigenvalue weighted by Crippen LogP contribution is -2.66. The van der Waals surface area contributed by atoms with Gasteiger partial charge in [0.25, 0.3) is 0 Å². The number of esters is 1. The van der Waals surface area contributed by atoms with Gasteiger partial charge in [-0.15, -0.1) is 0 Å². The Balaban J connectivity index is 0.00000256. The normalized spacial score (nSPS) is 25.8. The molecule has 0 amide bonds. The van der Waals surface area contributed by atoms with Crippen molar-refractivity contribution in [3.63, 3.8) is 0 Å². The maximum absolute atomic E-state index is 12.8. The number of hydrogen-bond acceptors (Lipinski definition) is 4. The SMILES string of the molecule is C.N[C@@H](Cc1ccccc1)C(=O)O[C@H]1C[N+]2(CC(=O)c3ccccc3)CCC1CC2. The van der Waals surface area contributed by atoms with Crippen LogP contribution in [-0.2, 0) is 16.0 Å². The fourth-order valence-corrected chi connectivity index (χ4v) is 4.78. The molecule has 0 spiro atoms. The molecule has 0 saturated carbocycles. The zero-order chi connectivity index (χ0) is 20.3. The number of hydrogen-bond donors (Lipinski definition) is 1. The number of quaternary nitrogens is 1. The van der Waals surface area contributed by atoms with Crippen molar-refractivity contribution in [1.29, 1.82) is 0 Å². The molecule has 2 N–H and O–H groups in total. The number of piperidine rings is 3. The Bertz CT molecular complexity index is 845. The van der Waals surface area contributed by atoms with E-state index in [1.54, 1.807) is 0 Å². The summed E-state index contributed by atoms with van der Waals surface area (Å²) in [6.07, 6.45) is 2.32. The Labute approximate surface area is 179 Å².